The number of rotatable bonds is 3. The number of methoxy groups -OCH3 is 1. The Bertz CT molecular complexity index is 630. The van der Waals surface area contributed by atoms with E-state index >= 15 is 0 Å². The average molecular weight is 334 g/mol. The van der Waals surface area contributed by atoms with Gasteiger partial charge in [-0.2, -0.15) is 0 Å². The minimum Gasteiger partial charge on any atom is -0.465 e. The Morgan fingerprint density at radius 2 is 2.10 bits per heavy atom. The normalized spacial score (nSPS) is 16.6. The zero-order valence-electron chi connectivity index (χ0n) is 11.9. The zero-order chi connectivity index (χ0) is 15.6. The number of hydrogen-bond acceptors (Lipinski definition) is 8. The molecule has 0 bridgehead atoms. The molecule has 0 spiro atoms. The highest BCUT2D eigenvalue weighted by Crippen LogP contribution is 2.42. The topological polar surface area (TPSA) is 98.9 Å². The van der Waals surface area contributed by atoms with Crippen molar-refractivity contribution in [3.8, 4) is 0 Å². The maximum atomic E-state index is 12.0. The quantitative estimate of drug-likeness (QED) is 0.814. The second kappa shape index (κ2) is 6.20. The summed E-state index contributed by atoms with van der Waals surface area (Å²) in [7, 11) is -2.31. The van der Waals surface area contributed by atoms with Gasteiger partial charge < -0.3 is 20.1 Å². The maximum Gasteiger partial charge on any atom is 0.350 e. The maximum absolute atomic E-state index is 12.0. The monoisotopic (exact) mass is 334 g/mol. The van der Waals surface area contributed by atoms with Gasteiger partial charge in [0.2, 0.25) is 0 Å². The lowest BCUT2D eigenvalue weighted by Gasteiger charge is -2.21. The third-order valence-electron chi connectivity index (χ3n) is 3.13. The van der Waals surface area contributed by atoms with Crippen LogP contribution in [0.25, 0.3) is 0 Å². The summed E-state index contributed by atoms with van der Waals surface area (Å²) in [5.41, 5.74) is 5.85. The highest BCUT2D eigenvalue weighted by molar-refractivity contribution is 7.91. The van der Waals surface area contributed by atoms with E-state index in [0.717, 1.165) is 24.0 Å². The van der Waals surface area contributed by atoms with Crippen LogP contribution in [0.4, 0.5) is 10.7 Å². The molecule has 0 aliphatic carbocycles. The first kappa shape index (κ1) is 16.1. The third-order valence-corrected chi connectivity index (χ3v) is 5.66. The predicted octanol–water partition coefficient (Wildman–Crippen LogP) is 0.747. The van der Waals surface area contributed by atoms with Crippen molar-refractivity contribution in [2.75, 3.05) is 50.3 Å². The van der Waals surface area contributed by atoms with Gasteiger partial charge in [-0.25, -0.2) is 13.2 Å². The molecule has 0 amide bonds. The van der Waals surface area contributed by atoms with Gasteiger partial charge in [0.25, 0.3) is 0 Å². The molecule has 2 heterocycles. The molecule has 1 aliphatic rings. The molecule has 7 nitrogen and oxygen atoms in total. The largest absolute Gasteiger partial charge is 0.465 e. The molecule has 118 valence electrons. The molecule has 0 radical (unpaired) electrons. The van der Waals surface area contributed by atoms with E-state index in [4.69, 9.17) is 10.5 Å². The van der Waals surface area contributed by atoms with E-state index in [2.05, 4.69) is 4.74 Å². The number of nitrogens with two attached hydrogens (primary N) is 1. The molecule has 1 aromatic heterocycles. The van der Waals surface area contributed by atoms with E-state index in [1.54, 1.807) is 0 Å². The van der Waals surface area contributed by atoms with Crippen LogP contribution in [0.5, 0.6) is 0 Å². The SMILES string of the molecule is COC(=O)c1sc(N2CCCOCC2)c(S(C)(=O)=O)c1N. The molecular formula is C12H18N2O5S2. The number of anilines is 2. The van der Waals surface area contributed by atoms with Gasteiger partial charge in [-0.3, -0.25) is 0 Å². The van der Waals surface area contributed by atoms with Gasteiger partial charge in [0, 0.05) is 26.0 Å². The van der Waals surface area contributed by atoms with Gasteiger partial charge >= 0.3 is 5.97 Å². The highest BCUT2D eigenvalue weighted by Gasteiger charge is 2.30. The van der Waals surface area contributed by atoms with Crippen LogP contribution in [0.2, 0.25) is 0 Å². The van der Waals surface area contributed by atoms with E-state index < -0.39 is 15.8 Å². The fraction of sp³-hybridized carbons (Fsp3) is 0.583. The molecule has 2 rings (SSSR count). The average Bonchev–Trinajstić information content (AvgIpc) is 2.62. The Hall–Kier alpha value is -1.32. The second-order valence-electron chi connectivity index (χ2n) is 4.70. The van der Waals surface area contributed by atoms with E-state index in [1.807, 2.05) is 4.90 Å². The van der Waals surface area contributed by atoms with Crippen LogP contribution in [0.1, 0.15) is 16.1 Å². The summed E-state index contributed by atoms with van der Waals surface area (Å²) >= 11 is 1.05. The van der Waals surface area contributed by atoms with Gasteiger partial charge in [0.15, 0.2) is 9.84 Å². The summed E-state index contributed by atoms with van der Waals surface area (Å²) in [6.07, 6.45) is 1.87. The Labute approximate surface area is 127 Å². The molecule has 21 heavy (non-hydrogen) atoms. The Morgan fingerprint density at radius 1 is 1.38 bits per heavy atom. The van der Waals surface area contributed by atoms with Crippen molar-refractivity contribution < 1.29 is 22.7 Å². The molecule has 9 heteroatoms. The number of nitrogens with zero attached hydrogens (tertiary/aromatic N) is 1. The van der Waals surface area contributed by atoms with Crippen LogP contribution in [-0.4, -0.2) is 54.1 Å². The van der Waals surface area contributed by atoms with E-state index in [9.17, 15) is 13.2 Å². The van der Waals surface area contributed by atoms with E-state index in [0.29, 0.717) is 31.3 Å². The molecule has 1 aromatic rings. The van der Waals surface area contributed by atoms with Crippen LogP contribution in [0.3, 0.4) is 0 Å². The van der Waals surface area contributed by atoms with Crippen molar-refractivity contribution in [2.24, 2.45) is 0 Å². The Morgan fingerprint density at radius 3 is 2.71 bits per heavy atom. The molecule has 1 aliphatic heterocycles. The lowest BCUT2D eigenvalue weighted by atomic mass is 10.3. The van der Waals surface area contributed by atoms with Gasteiger partial charge in [0.05, 0.1) is 19.4 Å². The number of ether oxygens (including phenoxy) is 2. The van der Waals surface area contributed by atoms with Gasteiger partial charge in [-0.1, -0.05) is 0 Å². The smallest absolute Gasteiger partial charge is 0.350 e. The Balaban J connectivity index is 2.55. The summed E-state index contributed by atoms with van der Waals surface area (Å²) in [4.78, 5) is 13.8. The van der Waals surface area contributed by atoms with Crippen LogP contribution in [0, 0.1) is 0 Å². The Kier molecular flexibility index (Phi) is 4.74. The van der Waals surface area contributed by atoms with Gasteiger partial charge in [0.1, 0.15) is 14.8 Å². The van der Waals surface area contributed by atoms with Crippen molar-refractivity contribution in [2.45, 2.75) is 11.3 Å². The number of hydrogen-bond donors (Lipinski definition) is 1. The van der Waals surface area contributed by atoms with Crippen molar-refractivity contribution in [3.05, 3.63) is 4.88 Å². The minimum atomic E-state index is -3.55. The molecule has 1 fully saturated rings. The second-order valence-corrected chi connectivity index (χ2v) is 7.65. The fourth-order valence-corrected chi connectivity index (χ4v) is 4.85. The summed E-state index contributed by atoms with van der Waals surface area (Å²) in [5.74, 6) is -0.625. The lowest BCUT2D eigenvalue weighted by molar-refractivity contribution is 0.0607. The van der Waals surface area contributed by atoms with E-state index in [1.165, 1.54) is 7.11 Å². The fourth-order valence-electron chi connectivity index (χ4n) is 2.18. The summed E-state index contributed by atoms with van der Waals surface area (Å²) in [5, 5.41) is 0.487. The summed E-state index contributed by atoms with van der Waals surface area (Å²) < 4.78 is 34.1. The van der Waals surface area contributed by atoms with E-state index in [-0.39, 0.29) is 15.5 Å². The summed E-state index contributed by atoms with van der Waals surface area (Å²) in [6, 6.07) is 0. The number of thiophene rings is 1. The molecule has 0 atom stereocenters. The summed E-state index contributed by atoms with van der Waals surface area (Å²) in [6.45, 7) is 2.36. The molecular weight excluding hydrogens is 316 g/mol. The van der Waals surface area contributed by atoms with Gasteiger partial charge in [-0.15, -0.1) is 11.3 Å². The molecule has 0 aromatic carbocycles. The first-order chi connectivity index (χ1) is 9.86. The molecule has 0 saturated carbocycles. The molecule has 0 unspecified atom stereocenters. The predicted molar refractivity (Wildman–Crippen MR) is 80.8 cm³/mol. The van der Waals surface area contributed by atoms with Crippen molar-refractivity contribution in [3.63, 3.8) is 0 Å². The standard InChI is InChI=1S/C12H18N2O5S2/c1-18-12(15)9-8(13)10(21(2,16)17)11(20-9)14-4-3-6-19-7-5-14/h3-7,13H2,1-2H3. The zero-order valence-corrected chi connectivity index (χ0v) is 13.6. The van der Waals surface area contributed by atoms with Crippen LogP contribution in [0.15, 0.2) is 4.90 Å². The molecule has 2 N–H and O–H groups in total. The number of carbonyl (C=O) groups excluding carboxylic acids is 1. The van der Waals surface area contributed by atoms with Crippen molar-refractivity contribution >= 4 is 37.8 Å². The number of esters is 1. The third kappa shape index (κ3) is 3.30. The highest BCUT2D eigenvalue weighted by atomic mass is 32.2. The minimum absolute atomic E-state index is 0.00907. The molecule has 1 saturated heterocycles. The van der Waals surface area contributed by atoms with Crippen LogP contribution < -0.4 is 10.6 Å². The van der Waals surface area contributed by atoms with Crippen LogP contribution in [-0.2, 0) is 19.3 Å². The number of sulfone groups is 1. The first-order valence-electron chi connectivity index (χ1n) is 6.39. The number of carbonyl (C=O) groups is 1. The number of nitrogen functional groups attached to an aromatic ring is 1. The van der Waals surface area contributed by atoms with Crippen molar-refractivity contribution in [1.82, 2.24) is 0 Å². The van der Waals surface area contributed by atoms with Crippen LogP contribution >= 0.6 is 11.3 Å². The van der Waals surface area contributed by atoms with Crippen molar-refractivity contribution in [1.29, 1.82) is 0 Å². The van der Waals surface area contributed by atoms with Gasteiger partial charge in [-0.05, 0) is 6.42 Å². The lowest BCUT2D eigenvalue weighted by Crippen LogP contribution is -2.26. The first-order valence-corrected chi connectivity index (χ1v) is 9.10.